The molecule has 0 unspecified atom stereocenters. The third-order valence-corrected chi connectivity index (χ3v) is 5.56. The van der Waals surface area contributed by atoms with Crippen LogP contribution in [0.3, 0.4) is 0 Å². The average molecular weight is 311 g/mol. The van der Waals surface area contributed by atoms with E-state index in [2.05, 4.69) is 56.5 Å². The first-order chi connectivity index (χ1) is 10.6. The molecular weight excluding hydrogens is 286 g/mol. The van der Waals surface area contributed by atoms with Crippen LogP contribution in [-0.4, -0.2) is 6.26 Å². The molecule has 0 aliphatic heterocycles. The van der Waals surface area contributed by atoms with Crippen LogP contribution in [0.15, 0.2) is 36.4 Å². The molecule has 2 atom stereocenters. The molecular formula is C20H25NS. The van der Waals surface area contributed by atoms with Crippen LogP contribution in [-0.2, 0) is 5.75 Å². The Hall–Kier alpha value is -1.25. The van der Waals surface area contributed by atoms with Gasteiger partial charge in [-0.05, 0) is 66.3 Å². The van der Waals surface area contributed by atoms with Crippen LogP contribution < -0.4 is 5.73 Å². The van der Waals surface area contributed by atoms with Gasteiger partial charge >= 0.3 is 0 Å². The summed E-state index contributed by atoms with van der Waals surface area (Å²) in [5.41, 5.74) is 14.8. The summed E-state index contributed by atoms with van der Waals surface area (Å²) in [7, 11) is 0. The number of aryl methyl sites for hydroxylation is 2. The number of rotatable bonds is 3. The molecule has 0 saturated heterocycles. The van der Waals surface area contributed by atoms with Gasteiger partial charge < -0.3 is 5.73 Å². The van der Waals surface area contributed by atoms with Gasteiger partial charge in [0, 0.05) is 17.7 Å². The lowest BCUT2D eigenvalue weighted by Crippen LogP contribution is -2.21. The molecule has 22 heavy (non-hydrogen) atoms. The first-order valence-electron chi connectivity index (χ1n) is 8.04. The largest absolute Gasteiger partial charge is 0.324 e. The molecule has 0 heterocycles. The maximum absolute atomic E-state index is 6.40. The normalized spacial score (nSPS) is 20.7. The van der Waals surface area contributed by atoms with Crippen LogP contribution in [0.1, 0.15) is 58.2 Å². The Kier molecular flexibility index (Phi) is 4.60. The van der Waals surface area contributed by atoms with E-state index < -0.39 is 0 Å². The van der Waals surface area contributed by atoms with Crippen LogP contribution in [0.25, 0.3) is 0 Å². The molecule has 2 heteroatoms. The topological polar surface area (TPSA) is 26.0 Å². The average Bonchev–Trinajstić information content (AvgIpc) is 2.51. The van der Waals surface area contributed by atoms with Crippen molar-refractivity contribution in [3.63, 3.8) is 0 Å². The molecule has 1 aliphatic carbocycles. The number of fused-ring (bicyclic) bond motifs is 1. The predicted molar refractivity (Wildman–Crippen MR) is 97.6 cm³/mol. The predicted octanol–water partition coefficient (Wildman–Crippen LogP) is 5.09. The zero-order chi connectivity index (χ0) is 15.7. The van der Waals surface area contributed by atoms with Crippen LogP contribution in [0.4, 0.5) is 0 Å². The Balaban J connectivity index is 2.02. The summed E-state index contributed by atoms with van der Waals surface area (Å²) in [4.78, 5) is 0. The summed E-state index contributed by atoms with van der Waals surface area (Å²) in [6.45, 7) is 4.38. The number of hydrogen-bond donors (Lipinski definition) is 1. The van der Waals surface area contributed by atoms with E-state index in [9.17, 15) is 0 Å². The molecule has 0 spiro atoms. The molecule has 116 valence electrons. The fraction of sp³-hybridized carbons (Fsp3) is 0.400. The summed E-state index contributed by atoms with van der Waals surface area (Å²) in [5, 5.41) is 0. The second kappa shape index (κ2) is 6.47. The molecule has 2 N–H and O–H groups in total. The highest BCUT2D eigenvalue weighted by molar-refractivity contribution is 7.97. The molecule has 0 fully saturated rings. The van der Waals surface area contributed by atoms with Crippen molar-refractivity contribution in [3.8, 4) is 0 Å². The Morgan fingerprint density at radius 2 is 1.82 bits per heavy atom. The van der Waals surface area contributed by atoms with Gasteiger partial charge in [0.1, 0.15) is 0 Å². The summed E-state index contributed by atoms with van der Waals surface area (Å²) >= 11 is 1.87. The van der Waals surface area contributed by atoms with E-state index in [-0.39, 0.29) is 6.04 Å². The van der Waals surface area contributed by atoms with E-state index >= 15 is 0 Å². The molecule has 0 amide bonds. The van der Waals surface area contributed by atoms with Crippen molar-refractivity contribution in [2.75, 3.05) is 6.26 Å². The monoisotopic (exact) mass is 311 g/mol. The second-order valence-electron chi connectivity index (χ2n) is 6.48. The van der Waals surface area contributed by atoms with E-state index in [0.29, 0.717) is 5.92 Å². The molecule has 3 rings (SSSR count). The highest BCUT2D eigenvalue weighted by atomic mass is 32.2. The zero-order valence-corrected chi connectivity index (χ0v) is 14.5. The van der Waals surface area contributed by atoms with E-state index in [4.69, 9.17) is 5.73 Å². The van der Waals surface area contributed by atoms with E-state index in [1.807, 2.05) is 11.8 Å². The first-order valence-corrected chi connectivity index (χ1v) is 9.44. The molecule has 0 radical (unpaired) electrons. The van der Waals surface area contributed by atoms with Crippen molar-refractivity contribution in [2.45, 2.75) is 44.4 Å². The van der Waals surface area contributed by atoms with Crippen molar-refractivity contribution in [3.05, 3.63) is 69.8 Å². The Morgan fingerprint density at radius 1 is 1.00 bits per heavy atom. The number of thioether (sulfide) groups is 1. The maximum atomic E-state index is 6.40. The summed E-state index contributed by atoms with van der Waals surface area (Å²) in [6, 6.07) is 14.0. The van der Waals surface area contributed by atoms with Gasteiger partial charge in [-0.1, -0.05) is 36.4 Å². The number of benzene rings is 2. The van der Waals surface area contributed by atoms with Crippen molar-refractivity contribution in [1.82, 2.24) is 0 Å². The van der Waals surface area contributed by atoms with Gasteiger partial charge in [-0.25, -0.2) is 0 Å². The van der Waals surface area contributed by atoms with Crippen molar-refractivity contribution >= 4 is 11.8 Å². The quantitative estimate of drug-likeness (QED) is 0.854. The second-order valence-corrected chi connectivity index (χ2v) is 7.34. The molecule has 2 aromatic carbocycles. The van der Waals surface area contributed by atoms with Gasteiger partial charge in [-0.3, -0.25) is 0 Å². The molecule has 2 aromatic rings. The minimum atomic E-state index is 0.194. The van der Waals surface area contributed by atoms with Gasteiger partial charge in [0.25, 0.3) is 0 Å². The Morgan fingerprint density at radius 3 is 2.55 bits per heavy atom. The van der Waals surface area contributed by atoms with Crippen LogP contribution in [0.5, 0.6) is 0 Å². The van der Waals surface area contributed by atoms with Gasteiger partial charge in [0.05, 0.1) is 0 Å². The Labute approximate surface area is 138 Å². The van der Waals surface area contributed by atoms with Gasteiger partial charge in [0.2, 0.25) is 0 Å². The summed E-state index contributed by atoms with van der Waals surface area (Å²) < 4.78 is 0. The van der Waals surface area contributed by atoms with E-state index in [1.165, 1.54) is 33.4 Å². The Bertz CT molecular complexity index is 677. The summed E-state index contributed by atoms with van der Waals surface area (Å²) in [6.07, 6.45) is 4.38. The lowest BCUT2D eigenvalue weighted by atomic mass is 9.76. The SMILES string of the molecule is CSCc1ccc2c(c1)[C@@H](N)CC[C@H]2c1ccc(C)c(C)c1. The standard InChI is InChI=1S/C20H25NS/c1-13-4-6-16(10-14(13)2)17-8-9-20(21)19-11-15(12-22-3)5-7-18(17)19/h4-7,10-11,17,20H,8-9,12,21H2,1-3H3/t17-,20-/m0/s1. The van der Waals surface area contributed by atoms with Crippen molar-refractivity contribution < 1.29 is 0 Å². The smallest absolute Gasteiger partial charge is 0.0298 e. The molecule has 0 bridgehead atoms. The van der Waals surface area contributed by atoms with Crippen LogP contribution in [0, 0.1) is 13.8 Å². The maximum Gasteiger partial charge on any atom is 0.0298 e. The van der Waals surface area contributed by atoms with Gasteiger partial charge in [-0.2, -0.15) is 11.8 Å². The van der Waals surface area contributed by atoms with Gasteiger partial charge in [0.15, 0.2) is 0 Å². The summed E-state index contributed by atoms with van der Waals surface area (Å²) in [5.74, 6) is 1.56. The third-order valence-electron chi connectivity index (χ3n) is 4.94. The highest BCUT2D eigenvalue weighted by Gasteiger charge is 2.26. The molecule has 1 nitrogen and oxygen atoms in total. The molecule has 0 aromatic heterocycles. The third kappa shape index (κ3) is 2.95. The van der Waals surface area contributed by atoms with E-state index in [1.54, 1.807) is 0 Å². The number of nitrogens with two attached hydrogens (primary N) is 1. The highest BCUT2D eigenvalue weighted by Crippen LogP contribution is 2.41. The molecule has 0 saturated carbocycles. The molecule has 1 aliphatic rings. The fourth-order valence-corrected chi connectivity index (χ4v) is 4.02. The van der Waals surface area contributed by atoms with Crippen molar-refractivity contribution in [1.29, 1.82) is 0 Å². The van der Waals surface area contributed by atoms with Crippen molar-refractivity contribution in [2.24, 2.45) is 5.73 Å². The number of hydrogen-bond acceptors (Lipinski definition) is 2. The minimum absolute atomic E-state index is 0.194. The van der Waals surface area contributed by atoms with Crippen LogP contribution >= 0.6 is 11.8 Å². The van der Waals surface area contributed by atoms with Crippen LogP contribution in [0.2, 0.25) is 0 Å². The van der Waals surface area contributed by atoms with Gasteiger partial charge in [-0.15, -0.1) is 0 Å². The first kappa shape index (κ1) is 15.6. The lowest BCUT2D eigenvalue weighted by molar-refractivity contribution is 0.529. The fourth-order valence-electron chi connectivity index (χ4n) is 3.50. The minimum Gasteiger partial charge on any atom is -0.324 e. The lowest BCUT2D eigenvalue weighted by Gasteiger charge is -2.31. The zero-order valence-electron chi connectivity index (χ0n) is 13.7. The van der Waals surface area contributed by atoms with E-state index in [0.717, 1.165) is 18.6 Å².